The monoisotopic (exact) mass is 258 g/mol. The van der Waals surface area contributed by atoms with Gasteiger partial charge in [-0.2, -0.15) is 0 Å². The fourth-order valence-electron chi connectivity index (χ4n) is 1.37. The van der Waals surface area contributed by atoms with Crippen molar-refractivity contribution in [1.29, 1.82) is 0 Å². The minimum Gasteiger partial charge on any atom is -0.496 e. The highest BCUT2D eigenvalue weighted by atomic mass is 35.5. The molecule has 0 fully saturated rings. The second-order valence-electron chi connectivity index (χ2n) is 3.31. The number of carbonyl (C=O) groups excluding carboxylic acids is 1. The number of amides is 1. The molecule has 5 heteroatoms. The third-order valence-corrected chi connectivity index (χ3v) is 2.19. The molecule has 0 aliphatic rings. The van der Waals surface area contributed by atoms with Crippen LogP contribution in [0.5, 0.6) is 5.75 Å². The van der Waals surface area contributed by atoms with Gasteiger partial charge in [0, 0.05) is 13.1 Å². The van der Waals surface area contributed by atoms with E-state index >= 15 is 0 Å². The molecule has 1 aromatic rings. The molecular formula is C12H19ClN2O2. The van der Waals surface area contributed by atoms with Gasteiger partial charge < -0.3 is 15.4 Å². The molecule has 0 saturated heterocycles. The molecule has 0 saturated carbocycles. The maximum Gasteiger partial charge on any atom is 0.255 e. The van der Waals surface area contributed by atoms with Crippen molar-refractivity contribution in [2.24, 2.45) is 0 Å². The molecule has 0 aliphatic heterocycles. The summed E-state index contributed by atoms with van der Waals surface area (Å²) in [5.74, 6) is 0.499. The number of carbonyl (C=O) groups is 1. The molecule has 0 spiro atoms. The molecule has 1 aromatic carbocycles. The average molecular weight is 259 g/mol. The Hall–Kier alpha value is -1.26. The molecule has 17 heavy (non-hydrogen) atoms. The summed E-state index contributed by atoms with van der Waals surface area (Å²) < 4.78 is 5.12. The molecular weight excluding hydrogens is 240 g/mol. The summed E-state index contributed by atoms with van der Waals surface area (Å²) >= 11 is 0. The number of halogens is 1. The summed E-state index contributed by atoms with van der Waals surface area (Å²) in [5.41, 5.74) is 0.571. The number of hydrogen-bond acceptors (Lipinski definition) is 3. The van der Waals surface area contributed by atoms with E-state index in [2.05, 4.69) is 10.6 Å². The maximum atomic E-state index is 11.8. The molecule has 1 rings (SSSR count). The van der Waals surface area contributed by atoms with E-state index in [1.54, 1.807) is 19.2 Å². The van der Waals surface area contributed by atoms with Crippen LogP contribution in [0.2, 0.25) is 0 Å². The molecule has 96 valence electrons. The first-order valence-corrected chi connectivity index (χ1v) is 5.41. The van der Waals surface area contributed by atoms with Crippen molar-refractivity contribution in [1.82, 2.24) is 10.6 Å². The van der Waals surface area contributed by atoms with E-state index in [0.29, 0.717) is 17.9 Å². The van der Waals surface area contributed by atoms with E-state index in [1.807, 2.05) is 19.1 Å². The smallest absolute Gasteiger partial charge is 0.255 e. The van der Waals surface area contributed by atoms with Crippen LogP contribution >= 0.6 is 12.4 Å². The number of likely N-dealkylation sites (N-methyl/N-ethyl adjacent to an activating group) is 1. The number of nitrogens with one attached hydrogen (secondary N) is 2. The number of hydrogen-bond donors (Lipinski definition) is 2. The molecule has 0 atom stereocenters. The van der Waals surface area contributed by atoms with Gasteiger partial charge in [-0.3, -0.25) is 4.79 Å². The fourth-order valence-corrected chi connectivity index (χ4v) is 1.37. The van der Waals surface area contributed by atoms with E-state index in [9.17, 15) is 4.79 Å². The standard InChI is InChI=1S/C12H18N2O2.ClH/c1-3-13-8-9-14-12(15)10-6-4-5-7-11(10)16-2;/h4-7,13H,3,8-9H2,1-2H3,(H,14,15);1H. The van der Waals surface area contributed by atoms with Crippen molar-refractivity contribution in [3.05, 3.63) is 29.8 Å². The molecule has 0 bridgehead atoms. The van der Waals surface area contributed by atoms with Gasteiger partial charge in [-0.15, -0.1) is 12.4 Å². The second-order valence-corrected chi connectivity index (χ2v) is 3.31. The van der Waals surface area contributed by atoms with Crippen molar-refractivity contribution in [3.8, 4) is 5.75 Å². The number of methoxy groups -OCH3 is 1. The van der Waals surface area contributed by atoms with Gasteiger partial charge in [0.1, 0.15) is 5.75 Å². The predicted octanol–water partition coefficient (Wildman–Crippen LogP) is 1.46. The van der Waals surface area contributed by atoms with Gasteiger partial charge >= 0.3 is 0 Å². The van der Waals surface area contributed by atoms with Crippen LogP contribution in [0.25, 0.3) is 0 Å². The van der Waals surface area contributed by atoms with Gasteiger partial charge in [-0.1, -0.05) is 19.1 Å². The van der Waals surface area contributed by atoms with Crippen molar-refractivity contribution in [2.75, 3.05) is 26.7 Å². The van der Waals surface area contributed by atoms with Crippen LogP contribution in [0.4, 0.5) is 0 Å². The SMILES string of the molecule is CCNCCNC(=O)c1ccccc1OC.Cl. The molecule has 2 N–H and O–H groups in total. The second kappa shape index (κ2) is 8.84. The topological polar surface area (TPSA) is 50.4 Å². The van der Waals surface area contributed by atoms with E-state index < -0.39 is 0 Å². The summed E-state index contributed by atoms with van der Waals surface area (Å²) in [6, 6.07) is 7.19. The van der Waals surface area contributed by atoms with Gasteiger partial charge in [0.15, 0.2) is 0 Å². The Bertz CT molecular complexity index is 345. The lowest BCUT2D eigenvalue weighted by Crippen LogP contribution is -2.31. The highest BCUT2D eigenvalue weighted by molar-refractivity contribution is 5.96. The van der Waals surface area contributed by atoms with E-state index in [0.717, 1.165) is 13.1 Å². The summed E-state index contributed by atoms with van der Waals surface area (Å²) in [6.45, 7) is 4.33. The highest BCUT2D eigenvalue weighted by Crippen LogP contribution is 2.16. The van der Waals surface area contributed by atoms with Crippen LogP contribution < -0.4 is 15.4 Å². The average Bonchev–Trinajstić information content (AvgIpc) is 2.34. The Labute approximate surface area is 108 Å². The van der Waals surface area contributed by atoms with E-state index in [-0.39, 0.29) is 18.3 Å². The molecule has 4 nitrogen and oxygen atoms in total. The summed E-state index contributed by atoms with van der Waals surface area (Å²) in [6.07, 6.45) is 0. The van der Waals surface area contributed by atoms with Gasteiger partial charge in [-0.25, -0.2) is 0 Å². The third kappa shape index (κ3) is 5.06. The van der Waals surface area contributed by atoms with Gasteiger partial charge in [0.25, 0.3) is 5.91 Å². The lowest BCUT2D eigenvalue weighted by molar-refractivity contribution is 0.0951. The minimum absolute atomic E-state index is 0. The van der Waals surface area contributed by atoms with Crippen molar-refractivity contribution >= 4 is 18.3 Å². The Balaban J connectivity index is 0.00000256. The van der Waals surface area contributed by atoms with Crippen LogP contribution in [-0.4, -0.2) is 32.7 Å². The van der Waals surface area contributed by atoms with Crippen molar-refractivity contribution < 1.29 is 9.53 Å². The van der Waals surface area contributed by atoms with Gasteiger partial charge in [0.2, 0.25) is 0 Å². The zero-order valence-corrected chi connectivity index (χ0v) is 11.0. The number of benzene rings is 1. The Morgan fingerprint density at radius 1 is 1.29 bits per heavy atom. The summed E-state index contributed by atoms with van der Waals surface area (Å²) in [4.78, 5) is 11.8. The van der Waals surface area contributed by atoms with Crippen LogP contribution in [0.15, 0.2) is 24.3 Å². The number of para-hydroxylation sites is 1. The van der Waals surface area contributed by atoms with Gasteiger partial charge in [0.05, 0.1) is 12.7 Å². The third-order valence-electron chi connectivity index (χ3n) is 2.19. The lowest BCUT2D eigenvalue weighted by atomic mass is 10.2. The number of rotatable bonds is 6. The number of ether oxygens (including phenoxy) is 1. The van der Waals surface area contributed by atoms with Crippen molar-refractivity contribution in [2.45, 2.75) is 6.92 Å². The zero-order chi connectivity index (χ0) is 11.8. The fraction of sp³-hybridized carbons (Fsp3) is 0.417. The quantitative estimate of drug-likeness (QED) is 0.760. The first kappa shape index (κ1) is 15.7. The molecule has 1 amide bonds. The summed E-state index contributed by atoms with van der Waals surface area (Å²) in [7, 11) is 1.56. The van der Waals surface area contributed by atoms with Crippen LogP contribution in [0.3, 0.4) is 0 Å². The van der Waals surface area contributed by atoms with E-state index in [1.165, 1.54) is 0 Å². The van der Waals surface area contributed by atoms with E-state index in [4.69, 9.17) is 4.74 Å². The molecule has 0 aromatic heterocycles. The normalized spacial score (nSPS) is 9.29. The Morgan fingerprint density at radius 2 is 2.00 bits per heavy atom. The molecule has 0 heterocycles. The Morgan fingerprint density at radius 3 is 2.65 bits per heavy atom. The first-order valence-electron chi connectivity index (χ1n) is 5.41. The largest absolute Gasteiger partial charge is 0.496 e. The predicted molar refractivity (Wildman–Crippen MR) is 71.1 cm³/mol. The summed E-state index contributed by atoms with van der Waals surface area (Å²) in [5, 5.41) is 5.96. The Kier molecular flexibility index (Phi) is 8.19. The lowest BCUT2D eigenvalue weighted by Gasteiger charge is -2.08. The first-order chi connectivity index (χ1) is 7.79. The maximum absolute atomic E-state index is 11.8. The molecule has 0 aliphatic carbocycles. The molecule has 0 radical (unpaired) electrons. The van der Waals surface area contributed by atoms with Gasteiger partial charge in [-0.05, 0) is 18.7 Å². The molecule has 0 unspecified atom stereocenters. The highest BCUT2D eigenvalue weighted by Gasteiger charge is 2.09. The van der Waals surface area contributed by atoms with Crippen LogP contribution in [0, 0.1) is 0 Å². The van der Waals surface area contributed by atoms with Crippen LogP contribution in [-0.2, 0) is 0 Å². The zero-order valence-electron chi connectivity index (χ0n) is 10.2. The van der Waals surface area contributed by atoms with Crippen LogP contribution in [0.1, 0.15) is 17.3 Å². The minimum atomic E-state index is -0.102. The van der Waals surface area contributed by atoms with Crippen molar-refractivity contribution in [3.63, 3.8) is 0 Å².